The Hall–Kier alpha value is -0.410. The van der Waals surface area contributed by atoms with Crippen molar-refractivity contribution in [3.05, 3.63) is 23.2 Å². The maximum absolute atomic E-state index is 11.8. The smallest absolute Gasteiger partial charge is 0.0902 e. The van der Waals surface area contributed by atoms with Crippen molar-refractivity contribution < 1.29 is 4.39 Å². The van der Waals surface area contributed by atoms with Gasteiger partial charge < -0.3 is 5.73 Å². The van der Waals surface area contributed by atoms with E-state index in [4.69, 9.17) is 17.3 Å². The minimum absolute atomic E-state index is 0.284. The summed E-state index contributed by atoms with van der Waals surface area (Å²) in [5.74, 6) is 0.737. The molecule has 0 aliphatic heterocycles. The van der Waals surface area contributed by atoms with E-state index in [-0.39, 0.29) is 6.67 Å². The number of halogens is 2. The van der Waals surface area contributed by atoms with Crippen LogP contribution in [-0.4, -0.2) is 12.4 Å². The summed E-state index contributed by atoms with van der Waals surface area (Å²) >= 11 is 7.32. The third-order valence-corrected chi connectivity index (χ3v) is 2.90. The van der Waals surface area contributed by atoms with Gasteiger partial charge in [-0.3, -0.25) is 4.39 Å². The van der Waals surface area contributed by atoms with Crippen molar-refractivity contribution in [2.45, 2.75) is 11.3 Å². The average molecular weight is 220 g/mol. The highest BCUT2D eigenvalue weighted by Gasteiger charge is 2.00. The Morgan fingerprint density at radius 2 is 2.23 bits per heavy atom. The summed E-state index contributed by atoms with van der Waals surface area (Å²) in [6, 6.07) is 5.32. The lowest BCUT2D eigenvalue weighted by Crippen LogP contribution is -1.89. The van der Waals surface area contributed by atoms with Gasteiger partial charge in [-0.05, 0) is 24.6 Å². The van der Waals surface area contributed by atoms with Gasteiger partial charge in [-0.15, -0.1) is 11.8 Å². The molecule has 0 aromatic heterocycles. The molecule has 0 heterocycles. The molecule has 0 spiro atoms. The van der Waals surface area contributed by atoms with Gasteiger partial charge in [-0.1, -0.05) is 11.6 Å². The van der Waals surface area contributed by atoms with Crippen molar-refractivity contribution >= 4 is 29.1 Å². The van der Waals surface area contributed by atoms with Crippen LogP contribution in [0, 0.1) is 0 Å². The largest absolute Gasteiger partial charge is 0.398 e. The Morgan fingerprint density at radius 1 is 1.46 bits per heavy atom. The van der Waals surface area contributed by atoms with E-state index < -0.39 is 0 Å². The van der Waals surface area contributed by atoms with Gasteiger partial charge in [-0.2, -0.15) is 0 Å². The molecular weight excluding hydrogens is 209 g/mol. The van der Waals surface area contributed by atoms with Gasteiger partial charge in [0.1, 0.15) is 0 Å². The monoisotopic (exact) mass is 219 g/mol. The second-order valence-corrected chi connectivity index (χ2v) is 4.15. The quantitative estimate of drug-likeness (QED) is 0.477. The van der Waals surface area contributed by atoms with Crippen LogP contribution in [0.1, 0.15) is 6.42 Å². The van der Waals surface area contributed by atoms with E-state index in [9.17, 15) is 4.39 Å². The standard InChI is InChI=1S/C9H11ClFNS/c10-7-2-3-8(12)9(6-7)13-5-1-4-11/h2-3,6H,1,4-5,12H2. The topological polar surface area (TPSA) is 26.0 Å². The number of thioether (sulfide) groups is 1. The lowest BCUT2D eigenvalue weighted by Gasteiger charge is -2.04. The second kappa shape index (κ2) is 5.35. The zero-order valence-corrected chi connectivity index (χ0v) is 8.67. The molecule has 1 nitrogen and oxygen atoms in total. The van der Waals surface area contributed by atoms with E-state index in [0.29, 0.717) is 17.1 Å². The summed E-state index contributed by atoms with van der Waals surface area (Å²) in [4.78, 5) is 0.931. The Kier molecular flexibility index (Phi) is 4.39. The SMILES string of the molecule is Nc1ccc(Cl)cc1SCCCF. The highest BCUT2D eigenvalue weighted by molar-refractivity contribution is 7.99. The summed E-state index contributed by atoms with van der Waals surface area (Å²) in [6.07, 6.45) is 0.552. The minimum atomic E-state index is -0.284. The molecule has 0 amide bonds. The molecule has 0 saturated heterocycles. The zero-order chi connectivity index (χ0) is 9.68. The second-order valence-electron chi connectivity index (χ2n) is 2.57. The van der Waals surface area contributed by atoms with Gasteiger partial charge in [0.25, 0.3) is 0 Å². The van der Waals surface area contributed by atoms with Gasteiger partial charge in [-0.25, -0.2) is 0 Å². The molecule has 1 aromatic rings. The zero-order valence-electron chi connectivity index (χ0n) is 7.09. The van der Waals surface area contributed by atoms with Crippen LogP contribution in [0.5, 0.6) is 0 Å². The van der Waals surface area contributed by atoms with Crippen molar-refractivity contribution in [3.63, 3.8) is 0 Å². The summed E-state index contributed by atoms with van der Waals surface area (Å²) in [5, 5.41) is 0.664. The maximum Gasteiger partial charge on any atom is 0.0902 e. The number of benzene rings is 1. The first kappa shape index (κ1) is 10.7. The van der Waals surface area contributed by atoms with Crippen LogP contribution in [0.3, 0.4) is 0 Å². The van der Waals surface area contributed by atoms with Gasteiger partial charge in [0.2, 0.25) is 0 Å². The number of alkyl halides is 1. The first-order valence-corrected chi connectivity index (χ1v) is 5.34. The van der Waals surface area contributed by atoms with E-state index >= 15 is 0 Å². The molecule has 1 aromatic carbocycles. The Labute approximate surface area is 86.5 Å². The summed E-state index contributed by atoms with van der Waals surface area (Å²) < 4.78 is 11.8. The third-order valence-electron chi connectivity index (χ3n) is 1.51. The number of hydrogen-bond acceptors (Lipinski definition) is 2. The Morgan fingerprint density at radius 3 is 2.92 bits per heavy atom. The highest BCUT2D eigenvalue weighted by atomic mass is 35.5. The van der Waals surface area contributed by atoms with Crippen LogP contribution >= 0.6 is 23.4 Å². The summed E-state index contributed by atoms with van der Waals surface area (Å²) in [7, 11) is 0. The number of nitrogen functional groups attached to an aromatic ring is 1. The molecule has 1 rings (SSSR count). The van der Waals surface area contributed by atoms with Crippen molar-refractivity contribution in [1.29, 1.82) is 0 Å². The number of hydrogen-bond donors (Lipinski definition) is 1. The van der Waals surface area contributed by atoms with Gasteiger partial charge in [0, 0.05) is 21.4 Å². The fraction of sp³-hybridized carbons (Fsp3) is 0.333. The van der Waals surface area contributed by atoms with E-state index in [0.717, 1.165) is 10.6 Å². The molecule has 0 aliphatic carbocycles. The molecule has 0 bridgehead atoms. The van der Waals surface area contributed by atoms with E-state index in [1.807, 2.05) is 0 Å². The van der Waals surface area contributed by atoms with E-state index in [1.54, 1.807) is 18.2 Å². The molecule has 0 fully saturated rings. The molecular formula is C9H11ClFNS. The minimum Gasteiger partial charge on any atom is -0.398 e. The molecule has 0 radical (unpaired) electrons. The van der Waals surface area contributed by atoms with Crippen molar-refractivity contribution in [1.82, 2.24) is 0 Å². The van der Waals surface area contributed by atoms with Crippen LogP contribution in [0.4, 0.5) is 10.1 Å². The molecule has 0 aliphatic rings. The maximum atomic E-state index is 11.8. The van der Waals surface area contributed by atoms with Crippen molar-refractivity contribution in [3.8, 4) is 0 Å². The van der Waals surface area contributed by atoms with Crippen molar-refractivity contribution in [2.75, 3.05) is 18.2 Å². The van der Waals surface area contributed by atoms with E-state index in [1.165, 1.54) is 11.8 Å². The Bertz CT molecular complexity index is 280. The summed E-state index contributed by atoms with van der Waals surface area (Å²) in [6.45, 7) is -0.284. The van der Waals surface area contributed by atoms with Crippen LogP contribution in [0.25, 0.3) is 0 Å². The first-order chi connectivity index (χ1) is 6.24. The number of anilines is 1. The number of rotatable bonds is 4. The van der Waals surface area contributed by atoms with Crippen LogP contribution in [0.2, 0.25) is 5.02 Å². The van der Waals surface area contributed by atoms with Crippen LogP contribution < -0.4 is 5.73 Å². The molecule has 0 atom stereocenters. The lowest BCUT2D eigenvalue weighted by molar-refractivity contribution is 0.489. The average Bonchev–Trinajstić information content (AvgIpc) is 2.11. The normalized spacial score (nSPS) is 10.3. The van der Waals surface area contributed by atoms with Crippen LogP contribution in [-0.2, 0) is 0 Å². The molecule has 4 heteroatoms. The lowest BCUT2D eigenvalue weighted by atomic mass is 10.3. The fourth-order valence-electron chi connectivity index (χ4n) is 0.870. The molecule has 0 unspecified atom stereocenters. The molecule has 0 saturated carbocycles. The van der Waals surface area contributed by atoms with Crippen molar-refractivity contribution in [2.24, 2.45) is 0 Å². The van der Waals surface area contributed by atoms with E-state index in [2.05, 4.69) is 0 Å². The molecule has 72 valence electrons. The first-order valence-electron chi connectivity index (χ1n) is 3.98. The Balaban J connectivity index is 2.59. The number of nitrogens with two attached hydrogens (primary N) is 1. The van der Waals surface area contributed by atoms with Gasteiger partial charge in [0.05, 0.1) is 6.67 Å². The van der Waals surface area contributed by atoms with Gasteiger partial charge in [0.15, 0.2) is 0 Å². The van der Waals surface area contributed by atoms with Gasteiger partial charge >= 0.3 is 0 Å². The highest BCUT2D eigenvalue weighted by Crippen LogP contribution is 2.28. The predicted octanol–water partition coefficient (Wildman–Crippen LogP) is 3.37. The fourth-order valence-corrected chi connectivity index (χ4v) is 2.03. The summed E-state index contributed by atoms with van der Waals surface area (Å²) in [5.41, 5.74) is 6.40. The molecule has 13 heavy (non-hydrogen) atoms. The van der Waals surface area contributed by atoms with Crippen LogP contribution in [0.15, 0.2) is 23.1 Å². The molecule has 2 N–H and O–H groups in total. The third kappa shape index (κ3) is 3.44. The predicted molar refractivity (Wildman–Crippen MR) is 57.2 cm³/mol.